The highest BCUT2D eigenvalue weighted by atomic mass is 32.1. The number of nitrogens with zero attached hydrogens (tertiary/aromatic N) is 2. The first kappa shape index (κ1) is 13.8. The predicted molar refractivity (Wildman–Crippen MR) is 87.2 cm³/mol. The summed E-state index contributed by atoms with van der Waals surface area (Å²) in [5.41, 5.74) is 1.08. The van der Waals surface area contributed by atoms with Crippen LogP contribution >= 0.6 is 22.7 Å². The minimum Gasteiger partial charge on any atom is -0.497 e. The molecule has 0 atom stereocenters. The lowest BCUT2D eigenvalue weighted by Gasteiger charge is -2.20. The van der Waals surface area contributed by atoms with Gasteiger partial charge in [-0.3, -0.25) is 0 Å². The van der Waals surface area contributed by atoms with Gasteiger partial charge in [0.05, 0.1) is 7.11 Å². The number of methoxy groups -OCH3 is 1. The molecule has 0 aliphatic carbocycles. The zero-order chi connectivity index (χ0) is 14.5. The van der Waals surface area contributed by atoms with E-state index in [4.69, 9.17) is 4.74 Å². The average Bonchev–Trinajstić information content (AvgIpc) is 3.20. The molecule has 108 valence electrons. The Morgan fingerprint density at radius 2 is 1.52 bits per heavy atom. The second kappa shape index (κ2) is 6.55. The number of benzene rings is 1. The molecule has 1 aromatic carbocycles. The first-order valence-corrected chi connectivity index (χ1v) is 8.07. The van der Waals surface area contributed by atoms with E-state index in [2.05, 4.69) is 20.6 Å². The molecular weight excluding hydrogens is 304 g/mol. The Hall–Kier alpha value is -2.12. The third kappa shape index (κ3) is 3.50. The van der Waals surface area contributed by atoms with E-state index in [0.29, 0.717) is 0 Å². The highest BCUT2D eigenvalue weighted by molar-refractivity contribution is 7.14. The summed E-state index contributed by atoms with van der Waals surface area (Å²) >= 11 is 3.12. The number of nitrogens with one attached hydrogen (secondary N) is 2. The molecule has 0 spiro atoms. The van der Waals surface area contributed by atoms with Gasteiger partial charge in [0.25, 0.3) is 0 Å². The molecule has 7 heteroatoms. The van der Waals surface area contributed by atoms with Crippen molar-refractivity contribution in [2.24, 2.45) is 0 Å². The SMILES string of the molecule is COc1ccc(C(Nc2nccs2)Nc2nccs2)cc1. The second-order valence-corrected chi connectivity index (χ2v) is 5.96. The Morgan fingerprint density at radius 3 is 1.95 bits per heavy atom. The number of anilines is 2. The topological polar surface area (TPSA) is 59.1 Å². The molecule has 0 amide bonds. The first-order chi connectivity index (χ1) is 10.3. The summed E-state index contributed by atoms with van der Waals surface area (Å²) in [5.74, 6) is 0.834. The lowest BCUT2D eigenvalue weighted by molar-refractivity contribution is 0.414. The van der Waals surface area contributed by atoms with Crippen molar-refractivity contribution < 1.29 is 4.74 Å². The van der Waals surface area contributed by atoms with Crippen molar-refractivity contribution in [1.29, 1.82) is 0 Å². The van der Waals surface area contributed by atoms with Gasteiger partial charge in [-0.25, -0.2) is 9.97 Å². The van der Waals surface area contributed by atoms with Gasteiger partial charge in [0, 0.05) is 23.2 Å². The quantitative estimate of drug-likeness (QED) is 0.676. The van der Waals surface area contributed by atoms with Crippen LogP contribution in [0.1, 0.15) is 11.7 Å². The van der Waals surface area contributed by atoms with Crippen LogP contribution in [0.25, 0.3) is 0 Å². The van der Waals surface area contributed by atoms with E-state index in [1.165, 1.54) is 0 Å². The van der Waals surface area contributed by atoms with Crippen LogP contribution in [0.4, 0.5) is 10.3 Å². The molecule has 0 saturated heterocycles. The van der Waals surface area contributed by atoms with E-state index in [9.17, 15) is 0 Å². The molecule has 0 radical (unpaired) electrons. The largest absolute Gasteiger partial charge is 0.497 e. The maximum Gasteiger partial charge on any atom is 0.184 e. The highest BCUT2D eigenvalue weighted by Crippen LogP contribution is 2.25. The van der Waals surface area contributed by atoms with Crippen LogP contribution in [-0.2, 0) is 0 Å². The van der Waals surface area contributed by atoms with Crippen molar-refractivity contribution in [3.8, 4) is 5.75 Å². The van der Waals surface area contributed by atoms with Crippen molar-refractivity contribution in [1.82, 2.24) is 9.97 Å². The van der Waals surface area contributed by atoms with E-state index in [1.54, 1.807) is 42.2 Å². The number of ether oxygens (including phenoxy) is 1. The third-order valence-corrected chi connectivity index (χ3v) is 4.26. The van der Waals surface area contributed by atoms with Gasteiger partial charge in [-0.15, -0.1) is 22.7 Å². The smallest absolute Gasteiger partial charge is 0.184 e. The van der Waals surface area contributed by atoms with Crippen LogP contribution in [0, 0.1) is 0 Å². The summed E-state index contributed by atoms with van der Waals surface area (Å²) in [7, 11) is 1.66. The number of hydrogen-bond donors (Lipinski definition) is 2. The van der Waals surface area contributed by atoms with Crippen molar-refractivity contribution in [2.45, 2.75) is 6.17 Å². The Bertz CT molecular complexity index is 617. The molecule has 3 aromatic rings. The minimum atomic E-state index is -0.104. The predicted octanol–water partition coefficient (Wildman–Crippen LogP) is 3.83. The molecule has 0 aliphatic heterocycles. The first-order valence-electron chi connectivity index (χ1n) is 6.31. The Morgan fingerprint density at radius 1 is 0.952 bits per heavy atom. The molecule has 21 heavy (non-hydrogen) atoms. The van der Waals surface area contributed by atoms with Gasteiger partial charge in [-0.05, 0) is 17.7 Å². The molecule has 2 heterocycles. The Balaban J connectivity index is 1.83. The maximum absolute atomic E-state index is 5.20. The van der Waals surface area contributed by atoms with Gasteiger partial charge in [0.15, 0.2) is 10.3 Å². The number of hydrogen-bond acceptors (Lipinski definition) is 7. The van der Waals surface area contributed by atoms with Crippen molar-refractivity contribution in [3.63, 3.8) is 0 Å². The van der Waals surface area contributed by atoms with Crippen LogP contribution in [-0.4, -0.2) is 17.1 Å². The number of aromatic nitrogens is 2. The number of rotatable bonds is 6. The summed E-state index contributed by atoms with van der Waals surface area (Å²) in [4.78, 5) is 8.54. The number of thiazole rings is 2. The highest BCUT2D eigenvalue weighted by Gasteiger charge is 2.13. The van der Waals surface area contributed by atoms with E-state index in [1.807, 2.05) is 35.0 Å². The van der Waals surface area contributed by atoms with E-state index >= 15 is 0 Å². The summed E-state index contributed by atoms with van der Waals surface area (Å²) < 4.78 is 5.20. The zero-order valence-corrected chi connectivity index (χ0v) is 12.9. The van der Waals surface area contributed by atoms with E-state index in [-0.39, 0.29) is 6.17 Å². The monoisotopic (exact) mass is 318 g/mol. The molecule has 3 rings (SSSR count). The lowest BCUT2D eigenvalue weighted by atomic mass is 10.1. The fraction of sp³-hybridized carbons (Fsp3) is 0.143. The minimum absolute atomic E-state index is 0.104. The Kier molecular flexibility index (Phi) is 4.32. The van der Waals surface area contributed by atoms with Gasteiger partial charge in [0.1, 0.15) is 11.9 Å². The summed E-state index contributed by atoms with van der Waals surface area (Å²) in [6.07, 6.45) is 3.45. The summed E-state index contributed by atoms with van der Waals surface area (Å²) in [6, 6.07) is 7.92. The third-order valence-electron chi connectivity index (χ3n) is 2.85. The van der Waals surface area contributed by atoms with Gasteiger partial charge in [-0.1, -0.05) is 12.1 Å². The van der Waals surface area contributed by atoms with Gasteiger partial charge < -0.3 is 15.4 Å². The standard InChI is InChI=1S/C14H14N4OS2/c1-19-11-4-2-10(3-5-11)12(17-13-15-6-8-20-13)18-14-16-7-9-21-14/h2-9,12H,1H3,(H,15,17)(H,16,18). The maximum atomic E-state index is 5.20. The summed E-state index contributed by atoms with van der Waals surface area (Å²) in [5, 5.41) is 12.4. The summed E-state index contributed by atoms with van der Waals surface area (Å²) in [6.45, 7) is 0. The molecule has 2 aromatic heterocycles. The Labute approximate surface area is 130 Å². The van der Waals surface area contributed by atoms with Crippen LogP contribution < -0.4 is 15.4 Å². The fourth-order valence-electron chi connectivity index (χ4n) is 1.84. The van der Waals surface area contributed by atoms with Crippen LogP contribution in [0.2, 0.25) is 0 Å². The van der Waals surface area contributed by atoms with Gasteiger partial charge in [-0.2, -0.15) is 0 Å². The van der Waals surface area contributed by atoms with Crippen LogP contribution in [0.5, 0.6) is 5.75 Å². The molecule has 0 aliphatic rings. The van der Waals surface area contributed by atoms with E-state index < -0.39 is 0 Å². The molecular formula is C14H14N4OS2. The molecule has 2 N–H and O–H groups in total. The zero-order valence-electron chi connectivity index (χ0n) is 11.3. The van der Waals surface area contributed by atoms with Crippen molar-refractivity contribution in [2.75, 3.05) is 17.7 Å². The molecule has 0 unspecified atom stereocenters. The second-order valence-electron chi connectivity index (χ2n) is 4.17. The lowest BCUT2D eigenvalue weighted by Crippen LogP contribution is -2.19. The van der Waals surface area contributed by atoms with Gasteiger partial charge in [0.2, 0.25) is 0 Å². The van der Waals surface area contributed by atoms with Crippen molar-refractivity contribution >= 4 is 32.9 Å². The molecule has 0 saturated carbocycles. The molecule has 0 fully saturated rings. The van der Waals surface area contributed by atoms with Crippen LogP contribution in [0.15, 0.2) is 47.4 Å². The van der Waals surface area contributed by atoms with Gasteiger partial charge >= 0.3 is 0 Å². The normalized spacial score (nSPS) is 10.6. The van der Waals surface area contributed by atoms with Crippen molar-refractivity contribution in [3.05, 3.63) is 53.0 Å². The van der Waals surface area contributed by atoms with Crippen LogP contribution in [0.3, 0.4) is 0 Å². The molecule has 5 nitrogen and oxygen atoms in total. The fourth-order valence-corrected chi connectivity index (χ4v) is 2.95. The average molecular weight is 318 g/mol. The molecule has 0 bridgehead atoms. The van der Waals surface area contributed by atoms with E-state index in [0.717, 1.165) is 21.6 Å².